The van der Waals surface area contributed by atoms with Gasteiger partial charge in [0.2, 0.25) is 0 Å². The van der Waals surface area contributed by atoms with Gasteiger partial charge in [-0.25, -0.2) is 0 Å². The maximum absolute atomic E-state index is 12.1. The average molecular weight is 391 g/mol. The molecule has 0 aliphatic carbocycles. The van der Waals surface area contributed by atoms with Gasteiger partial charge < -0.3 is 14.8 Å². The summed E-state index contributed by atoms with van der Waals surface area (Å²) < 4.78 is 10.8. The number of thiocarbonyl (C=S) groups is 1. The number of morpholine rings is 1. The molecule has 0 saturated carbocycles. The highest BCUT2D eigenvalue weighted by molar-refractivity contribution is 7.80. The molecule has 1 aromatic carbocycles. The normalized spacial score (nSPS) is 15.3. The molecule has 1 fully saturated rings. The largest absolute Gasteiger partial charge is 0.481 e. The van der Waals surface area contributed by atoms with Crippen molar-refractivity contribution >= 4 is 23.2 Å². The lowest BCUT2D eigenvalue weighted by Gasteiger charge is -2.26. The Labute approximate surface area is 164 Å². The van der Waals surface area contributed by atoms with Crippen molar-refractivity contribution in [2.45, 2.75) is 19.4 Å². The van der Waals surface area contributed by atoms with Gasteiger partial charge in [0, 0.05) is 19.6 Å². The van der Waals surface area contributed by atoms with E-state index in [0.29, 0.717) is 16.4 Å². The lowest BCUT2D eigenvalue weighted by atomic mass is 10.2. The molecular weight excluding hydrogens is 366 g/mol. The monoisotopic (exact) mass is 391 g/mol. The molecule has 1 aromatic rings. The van der Waals surface area contributed by atoms with Crippen molar-refractivity contribution in [3.05, 3.63) is 29.8 Å². The molecule has 8 nitrogen and oxygen atoms in total. The summed E-state index contributed by atoms with van der Waals surface area (Å²) in [6.07, 6.45) is 0.239. The Morgan fingerprint density at radius 2 is 2.04 bits per heavy atom. The van der Waals surface area contributed by atoms with Crippen LogP contribution in [-0.2, 0) is 9.53 Å². The third-order valence-electron chi connectivity index (χ3n) is 4.01. The van der Waals surface area contributed by atoms with Gasteiger partial charge in [0.1, 0.15) is 5.75 Å². The van der Waals surface area contributed by atoms with E-state index in [1.807, 2.05) is 6.07 Å². The fraction of sp³-hybridized carbons (Fsp3) is 0.500. The molecule has 1 amide bonds. The molecule has 3 N–H and O–H groups in total. The van der Waals surface area contributed by atoms with Crippen LogP contribution in [0.3, 0.4) is 0 Å². The second-order valence-electron chi connectivity index (χ2n) is 6.07. The number of carbonyl (C=O) groups is 1. The van der Waals surface area contributed by atoms with Crippen molar-refractivity contribution in [2.24, 2.45) is 0 Å². The van der Waals surface area contributed by atoms with Gasteiger partial charge in [0.15, 0.2) is 11.2 Å². The summed E-state index contributed by atoms with van der Waals surface area (Å²) >= 11 is 5.14. The van der Waals surface area contributed by atoms with Gasteiger partial charge in [-0.3, -0.25) is 20.5 Å². The number of ether oxygens (including phenoxy) is 2. The Hall–Kier alpha value is -2.41. The number of rotatable bonds is 7. The van der Waals surface area contributed by atoms with Crippen LogP contribution in [0.25, 0.3) is 0 Å². The van der Waals surface area contributed by atoms with Crippen LogP contribution in [0.5, 0.6) is 5.75 Å². The van der Waals surface area contributed by atoms with Crippen LogP contribution in [0.4, 0.5) is 0 Å². The van der Waals surface area contributed by atoms with Crippen LogP contribution in [0.1, 0.15) is 18.9 Å². The first kappa shape index (κ1) is 20.9. The molecule has 9 heteroatoms. The van der Waals surface area contributed by atoms with E-state index >= 15 is 0 Å². The summed E-state index contributed by atoms with van der Waals surface area (Å²) in [5.41, 5.74) is 5.72. The molecule has 1 atom stereocenters. The molecule has 0 unspecified atom stereocenters. The van der Waals surface area contributed by atoms with E-state index in [9.17, 15) is 4.79 Å². The van der Waals surface area contributed by atoms with E-state index in [1.54, 1.807) is 31.2 Å². The molecule has 27 heavy (non-hydrogen) atoms. The maximum atomic E-state index is 12.1. The predicted molar refractivity (Wildman–Crippen MR) is 105 cm³/mol. The third-order valence-corrected chi connectivity index (χ3v) is 4.25. The van der Waals surface area contributed by atoms with E-state index < -0.39 is 6.10 Å². The van der Waals surface area contributed by atoms with Gasteiger partial charge >= 0.3 is 0 Å². The summed E-state index contributed by atoms with van der Waals surface area (Å²) in [5, 5.41) is 12.2. The Morgan fingerprint density at radius 3 is 2.70 bits per heavy atom. The minimum atomic E-state index is -0.713. The lowest BCUT2D eigenvalue weighted by Crippen LogP contribution is -2.50. The first-order valence-corrected chi connectivity index (χ1v) is 9.30. The van der Waals surface area contributed by atoms with Crippen LogP contribution in [0, 0.1) is 11.3 Å². The zero-order valence-electron chi connectivity index (χ0n) is 15.4. The Balaban J connectivity index is 1.59. The van der Waals surface area contributed by atoms with Crippen molar-refractivity contribution in [3.8, 4) is 11.8 Å². The molecule has 2 rings (SSSR count). The molecule has 0 spiro atoms. The van der Waals surface area contributed by atoms with E-state index in [-0.39, 0.29) is 5.91 Å². The number of hydrogen-bond acceptors (Lipinski definition) is 6. The van der Waals surface area contributed by atoms with Crippen molar-refractivity contribution in [3.63, 3.8) is 0 Å². The Bertz CT molecular complexity index is 656. The number of nitrogens with zero attached hydrogens (tertiary/aromatic N) is 2. The molecule has 0 bridgehead atoms. The number of hydrazine groups is 1. The standard InChI is InChI=1S/C18H25N5O3S/c1-14(26-16-5-3-15(13-19)4-6-16)17(24)21-22-18(27)20-7-2-8-23-9-11-25-12-10-23/h3-6,14H,2,7-12H2,1H3,(H,21,24)(H2,20,22,27)/t14-/m0/s1. The van der Waals surface area contributed by atoms with Crippen molar-refractivity contribution < 1.29 is 14.3 Å². The Morgan fingerprint density at radius 1 is 1.33 bits per heavy atom. The minimum Gasteiger partial charge on any atom is -0.481 e. The molecule has 146 valence electrons. The number of benzene rings is 1. The highest BCUT2D eigenvalue weighted by Gasteiger charge is 2.15. The lowest BCUT2D eigenvalue weighted by molar-refractivity contribution is -0.127. The number of carbonyl (C=O) groups excluding carboxylic acids is 1. The molecule has 0 radical (unpaired) electrons. The molecule has 1 aliphatic rings. The Kier molecular flexibility index (Phi) is 8.77. The van der Waals surface area contributed by atoms with Crippen molar-refractivity contribution in [1.29, 1.82) is 5.26 Å². The predicted octanol–water partition coefficient (Wildman–Crippen LogP) is 0.543. The third kappa shape index (κ3) is 7.78. The van der Waals surface area contributed by atoms with Gasteiger partial charge in [-0.1, -0.05) is 0 Å². The second kappa shape index (κ2) is 11.3. The maximum Gasteiger partial charge on any atom is 0.279 e. The summed E-state index contributed by atoms with van der Waals surface area (Å²) in [6.45, 7) is 6.86. The van der Waals surface area contributed by atoms with Crippen molar-refractivity contribution in [1.82, 2.24) is 21.1 Å². The molecule has 1 saturated heterocycles. The number of hydrogen-bond donors (Lipinski definition) is 3. The highest BCUT2D eigenvalue weighted by Crippen LogP contribution is 2.13. The topological polar surface area (TPSA) is 98.6 Å². The fourth-order valence-corrected chi connectivity index (χ4v) is 2.61. The quantitative estimate of drug-likeness (QED) is 0.352. The molecular formula is C18H25N5O3S. The summed E-state index contributed by atoms with van der Waals surface area (Å²) in [6, 6.07) is 8.59. The average Bonchev–Trinajstić information content (AvgIpc) is 2.70. The van der Waals surface area contributed by atoms with Gasteiger partial charge in [0.05, 0.1) is 24.8 Å². The second-order valence-corrected chi connectivity index (χ2v) is 6.48. The smallest absolute Gasteiger partial charge is 0.279 e. The SMILES string of the molecule is C[C@H](Oc1ccc(C#N)cc1)C(=O)NNC(=S)NCCCN1CCOCC1. The van der Waals surface area contributed by atoms with Crippen LogP contribution < -0.4 is 20.9 Å². The minimum absolute atomic E-state index is 0.350. The summed E-state index contributed by atoms with van der Waals surface area (Å²) in [5.74, 6) is 0.164. The van der Waals surface area contributed by atoms with Gasteiger partial charge in [0.25, 0.3) is 5.91 Å². The van der Waals surface area contributed by atoms with E-state index in [4.69, 9.17) is 27.0 Å². The highest BCUT2D eigenvalue weighted by atomic mass is 32.1. The molecule has 1 aliphatic heterocycles. The molecule has 0 aromatic heterocycles. The van der Waals surface area contributed by atoms with Crippen LogP contribution in [0.15, 0.2) is 24.3 Å². The first-order chi connectivity index (χ1) is 13.1. The number of nitriles is 1. The zero-order chi connectivity index (χ0) is 19.5. The van der Waals surface area contributed by atoms with E-state index in [0.717, 1.165) is 45.8 Å². The van der Waals surface area contributed by atoms with Crippen LogP contribution in [0.2, 0.25) is 0 Å². The van der Waals surface area contributed by atoms with Gasteiger partial charge in [-0.2, -0.15) is 5.26 Å². The van der Waals surface area contributed by atoms with Crippen LogP contribution >= 0.6 is 12.2 Å². The molecule has 1 heterocycles. The fourth-order valence-electron chi connectivity index (χ4n) is 2.46. The summed E-state index contributed by atoms with van der Waals surface area (Å²) in [4.78, 5) is 14.4. The number of amides is 1. The summed E-state index contributed by atoms with van der Waals surface area (Å²) in [7, 11) is 0. The van der Waals surface area contributed by atoms with Gasteiger partial charge in [-0.05, 0) is 56.4 Å². The van der Waals surface area contributed by atoms with Crippen molar-refractivity contribution in [2.75, 3.05) is 39.4 Å². The van der Waals surface area contributed by atoms with Gasteiger partial charge in [-0.15, -0.1) is 0 Å². The van der Waals surface area contributed by atoms with E-state index in [2.05, 4.69) is 21.1 Å². The zero-order valence-corrected chi connectivity index (χ0v) is 16.2. The van der Waals surface area contributed by atoms with E-state index in [1.165, 1.54) is 0 Å². The first-order valence-electron chi connectivity index (χ1n) is 8.89. The van der Waals surface area contributed by atoms with Crippen LogP contribution in [-0.4, -0.2) is 61.4 Å². The number of nitrogens with one attached hydrogen (secondary N) is 3.